The molecule has 8 heteroatoms. The topological polar surface area (TPSA) is 82.4 Å². The zero-order valence-electron chi connectivity index (χ0n) is 15.4. The summed E-state index contributed by atoms with van der Waals surface area (Å²) in [5.41, 5.74) is 1.72. The number of aromatic nitrogens is 2. The van der Waals surface area contributed by atoms with E-state index >= 15 is 0 Å². The Labute approximate surface area is 164 Å². The summed E-state index contributed by atoms with van der Waals surface area (Å²) >= 11 is 0. The van der Waals surface area contributed by atoms with Gasteiger partial charge in [0.05, 0.1) is 30.3 Å². The predicted molar refractivity (Wildman–Crippen MR) is 104 cm³/mol. The Kier molecular flexibility index (Phi) is 5.17. The minimum absolute atomic E-state index is 0.193. The lowest BCUT2D eigenvalue weighted by Gasteiger charge is -2.24. The predicted octanol–water partition coefficient (Wildman–Crippen LogP) is 2.44. The fraction of sp³-hybridized carbons (Fsp3) is 0.250. The Morgan fingerprint density at radius 3 is 2.71 bits per heavy atom. The summed E-state index contributed by atoms with van der Waals surface area (Å²) < 4.78 is 40.6. The molecule has 4 rings (SSSR count). The Morgan fingerprint density at radius 2 is 1.93 bits per heavy atom. The summed E-state index contributed by atoms with van der Waals surface area (Å²) in [6.07, 6.45) is 1.68. The van der Waals surface area contributed by atoms with Crippen LogP contribution in [0.2, 0.25) is 0 Å². The maximum atomic E-state index is 12.4. The molecule has 0 amide bonds. The van der Waals surface area contributed by atoms with Crippen LogP contribution in [0.15, 0.2) is 65.7 Å². The average Bonchev–Trinajstić information content (AvgIpc) is 3.16. The number of benzene rings is 2. The number of fused-ring (bicyclic) bond motifs is 1. The smallest absolute Gasteiger partial charge is 0.240 e. The Hall–Kier alpha value is -2.68. The maximum Gasteiger partial charge on any atom is 0.240 e. The molecule has 3 aromatic rings. The number of ether oxygens (including phenoxy) is 2. The van der Waals surface area contributed by atoms with Crippen LogP contribution in [0.3, 0.4) is 0 Å². The van der Waals surface area contributed by atoms with Gasteiger partial charge in [-0.3, -0.25) is 0 Å². The van der Waals surface area contributed by atoms with E-state index in [0.29, 0.717) is 13.2 Å². The molecule has 0 fully saturated rings. The third-order valence-electron chi connectivity index (χ3n) is 4.65. The van der Waals surface area contributed by atoms with E-state index in [1.807, 2.05) is 35.0 Å². The lowest BCUT2D eigenvalue weighted by atomic mass is 10.1. The third-order valence-corrected chi connectivity index (χ3v) is 6.08. The first-order valence-electron chi connectivity index (χ1n) is 8.92. The lowest BCUT2D eigenvalue weighted by Crippen LogP contribution is -2.38. The first-order valence-corrected chi connectivity index (χ1v) is 10.4. The van der Waals surface area contributed by atoms with E-state index in [1.54, 1.807) is 37.4 Å². The highest BCUT2D eigenvalue weighted by Gasteiger charge is 2.24. The molecule has 28 heavy (non-hydrogen) atoms. The molecular weight excluding hydrogens is 378 g/mol. The van der Waals surface area contributed by atoms with E-state index < -0.39 is 10.0 Å². The second-order valence-corrected chi connectivity index (χ2v) is 8.26. The quantitative estimate of drug-likeness (QED) is 0.688. The van der Waals surface area contributed by atoms with Crippen molar-refractivity contribution >= 4 is 10.0 Å². The molecule has 1 N–H and O–H groups in total. The van der Waals surface area contributed by atoms with Gasteiger partial charge in [0.15, 0.2) is 0 Å². The number of sulfonamides is 1. The van der Waals surface area contributed by atoms with Gasteiger partial charge in [-0.2, -0.15) is 0 Å². The molecule has 146 valence electrons. The van der Waals surface area contributed by atoms with Gasteiger partial charge in [0, 0.05) is 18.3 Å². The number of para-hydroxylation sites is 1. The number of hydrogen-bond donors (Lipinski definition) is 1. The second kappa shape index (κ2) is 7.75. The van der Waals surface area contributed by atoms with Crippen LogP contribution in [0.4, 0.5) is 0 Å². The highest BCUT2D eigenvalue weighted by molar-refractivity contribution is 7.89. The summed E-state index contributed by atoms with van der Waals surface area (Å²) in [4.78, 5) is 4.88. The van der Waals surface area contributed by atoms with Crippen LogP contribution in [-0.2, 0) is 27.9 Å². The van der Waals surface area contributed by atoms with Gasteiger partial charge >= 0.3 is 0 Å². The number of nitrogens with zero attached hydrogens (tertiary/aromatic N) is 2. The van der Waals surface area contributed by atoms with E-state index in [2.05, 4.69) is 9.71 Å². The minimum atomic E-state index is -3.56. The van der Waals surface area contributed by atoms with Crippen molar-refractivity contribution in [3.63, 3.8) is 0 Å². The molecule has 2 aromatic carbocycles. The molecule has 1 aromatic heterocycles. The SMILES string of the molecule is COc1ccccc1-c1cn2c(n1)COC(CNS(=O)(=O)c1ccccc1)C2. The molecule has 1 aliphatic heterocycles. The van der Waals surface area contributed by atoms with Crippen LogP contribution in [0.5, 0.6) is 5.75 Å². The van der Waals surface area contributed by atoms with E-state index in [4.69, 9.17) is 9.47 Å². The summed E-state index contributed by atoms with van der Waals surface area (Å²) in [6, 6.07) is 16.0. The zero-order chi connectivity index (χ0) is 19.6. The largest absolute Gasteiger partial charge is 0.496 e. The number of rotatable bonds is 6. The number of hydrogen-bond acceptors (Lipinski definition) is 5. The first kappa shape index (κ1) is 18.7. The van der Waals surface area contributed by atoms with E-state index in [0.717, 1.165) is 22.8 Å². The fourth-order valence-corrected chi connectivity index (χ4v) is 4.27. The molecule has 1 aliphatic rings. The number of nitrogens with one attached hydrogen (secondary N) is 1. The van der Waals surface area contributed by atoms with Crippen LogP contribution in [0.25, 0.3) is 11.3 Å². The zero-order valence-corrected chi connectivity index (χ0v) is 16.2. The van der Waals surface area contributed by atoms with Crippen molar-refractivity contribution in [2.24, 2.45) is 0 Å². The molecule has 0 bridgehead atoms. The van der Waals surface area contributed by atoms with Crippen molar-refractivity contribution in [1.82, 2.24) is 14.3 Å². The van der Waals surface area contributed by atoms with Crippen molar-refractivity contribution < 1.29 is 17.9 Å². The van der Waals surface area contributed by atoms with E-state index in [1.165, 1.54) is 0 Å². The van der Waals surface area contributed by atoms with Gasteiger partial charge < -0.3 is 14.0 Å². The van der Waals surface area contributed by atoms with E-state index in [9.17, 15) is 8.42 Å². The highest BCUT2D eigenvalue weighted by Crippen LogP contribution is 2.30. The van der Waals surface area contributed by atoms with Crippen LogP contribution >= 0.6 is 0 Å². The minimum Gasteiger partial charge on any atom is -0.496 e. The van der Waals surface area contributed by atoms with Crippen molar-refractivity contribution in [2.75, 3.05) is 13.7 Å². The molecular formula is C20H21N3O4S. The van der Waals surface area contributed by atoms with Gasteiger partial charge in [-0.05, 0) is 24.3 Å². The normalized spacial score (nSPS) is 16.5. The molecule has 0 spiro atoms. The van der Waals surface area contributed by atoms with Gasteiger partial charge in [-0.15, -0.1) is 0 Å². The third kappa shape index (κ3) is 3.80. The summed E-state index contributed by atoms with van der Waals surface area (Å²) in [5.74, 6) is 1.56. The van der Waals surface area contributed by atoms with E-state index in [-0.39, 0.29) is 17.5 Å². The molecule has 1 atom stereocenters. The summed E-state index contributed by atoms with van der Waals surface area (Å²) in [6.45, 7) is 1.04. The van der Waals surface area contributed by atoms with Crippen LogP contribution in [0, 0.1) is 0 Å². The highest BCUT2D eigenvalue weighted by atomic mass is 32.2. The molecule has 0 radical (unpaired) electrons. The van der Waals surface area contributed by atoms with Gasteiger partial charge in [-0.1, -0.05) is 30.3 Å². The first-order chi connectivity index (χ1) is 13.6. The van der Waals surface area contributed by atoms with Gasteiger partial charge in [0.25, 0.3) is 0 Å². The van der Waals surface area contributed by atoms with Crippen LogP contribution < -0.4 is 9.46 Å². The molecule has 0 saturated heterocycles. The van der Waals surface area contributed by atoms with Crippen LogP contribution in [0.1, 0.15) is 5.82 Å². The number of methoxy groups -OCH3 is 1. The molecule has 0 aliphatic carbocycles. The fourth-order valence-electron chi connectivity index (χ4n) is 3.19. The van der Waals surface area contributed by atoms with Crippen molar-refractivity contribution in [2.45, 2.75) is 24.2 Å². The maximum absolute atomic E-state index is 12.4. The Bertz CT molecular complexity index is 1060. The Morgan fingerprint density at radius 1 is 1.18 bits per heavy atom. The monoisotopic (exact) mass is 399 g/mol. The molecule has 2 heterocycles. The average molecular weight is 399 g/mol. The van der Waals surface area contributed by atoms with Gasteiger partial charge in [-0.25, -0.2) is 18.1 Å². The summed E-state index contributed by atoms with van der Waals surface area (Å²) in [7, 11) is -1.92. The molecule has 1 unspecified atom stereocenters. The number of imidazole rings is 1. The van der Waals surface area contributed by atoms with Crippen molar-refractivity contribution in [3.8, 4) is 17.0 Å². The lowest BCUT2D eigenvalue weighted by molar-refractivity contribution is 0.00586. The summed E-state index contributed by atoms with van der Waals surface area (Å²) in [5, 5.41) is 0. The van der Waals surface area contributed by atoms with Gasteiger partial charge in [0.1, 0.15) is 18.2 Å². The second-order valence-electron chi connectivity index (χ2n) is 6.49. The Balaban J connectivity index is 1.46. The van der Waals surface area contributed by atoms with Crippen LogP contribution in [-0.4, -0.2) is 37.7 Å². The standard InChI is InChI=1S/C20H21N3O4S/c1-26-19-10-6-5-9-17(19)18-13-23-12-15(27-14-20(23)22-18)11-21-28(24,25)16-7-3-2-4-8-16/h2-10,13,15,21H,11-12,14H2,1H3. The molecule has 7 nitrogen and oxygen atoms in total. The van der Waals surface area contributed by atoms with Crippen molar-refractivity contribution in [3.05, 3.63) is 66.6 Å². The van der Waals surface area contributed by atoms with Crippen molar-refractivity contribution in [1.29, 1.82) is 0 Å². The van der Waals surface area contributed by atoms with Gasteiger partial charge in [0.2, 0.25) is 10.0 Å². The molecule has 0 saturated carbocycles.